The average Bonchev–Trinajstić information content (AvgIpc) is 0.779. The van der Waals surface area contributed by atoms with E-state index in [1.165, 1.54) is 167 Å². The Labute approximate surface area is 683 Å². The fourth-order valence-electron chi connectivity index (χ4n) is 14.1. The van der Waals surface area contributed by atoms with Crippen LogP contribution in [0, 0.1) is 0 Å². The molecule has 19 heteroatoms. The minimum absolute atomic E-state index is 0.194. The molecule has 1 amide bonds. The molecule has 0 aromatic rings. The molecule has 17 unspecified atom stereocenters. The van der Waals surface area contributed by atoms with Crippen LogP contribution in [0.4, 0.5) is 0 Å². The fraction of sp³-hybridized carbons (Fsp3) is 0.734. The summed E-state index contributed by atoms with van der Waals surface area (Å²) in [5.74, 6) is -0.310. The zero-order valence-corrected chi connectivity index (χ0v) is 69.8. The largest absolute Gasteiger partial charge is 0.394 e. The maximum atomic E-state index is 13.5. The number of carbonyl (C=O) groups is 1. The van der Waals surface area contributed by atoms with E-state index in [2.05, 4.69) is 153 Å². The summed E-state index contributed by atoms with van der Waals surface area (Å²) in [4.78, 5) is 13.5. The monoisotopic (exact) mass is 1590 g/mol. The van der Waals surface area contributed by atoms with Gasteiger partial charge in [0.15, 0.2) is 18.9 Å². The maximum Gasteiger partial charge on any atom is 0.220 e. The molecule has 648 valence electrons. The molecule has 0 spiro atoms. The van der Waals surface area contributed by atoms with E-state index < -0.39 is 124 Å². The maximum absolute atomic E-state index is 13.5. The molecule has 0 saturated carbocycles. The van der Waals surface area contributed by atoms with Gasteiger partial charge in [-0.2, -0.15) is 0 Å². The third-order valence-corrected chi connectivity index (χ3v) is 21.1. The molecule has 17 atom stereocenters. The number of carbonyl (C=O) groups excluding carboxylic acids is 1. The molecule has 0 bridgehead atoms. The lowest BCUT2D eigenvalue weighted by molar-refractivity contribution is -0.379. The summed E-state index contributed by atoms with van der Waals surface area (Å²) >= 11 is 0. The van der Waals surface area contributed by atoms with E-state index in [1.54, 1.807) is 6.08 Å². The summed E-state index contributed by atoms with van der Waals surface area (Å²) in [6.45, 7) is 1.62. The zero-order chi connectivity index (χ0) is 81.7. The lowest BCUT2D eigenvalue weighted by Crippen LogP contribution is -2.66. The predicted molar refractivity (Wildman–Crippen MR) is 456 cm³/mol. The number of hydrogen-bond donors (Lipinski definition) is 12. The number of amides is 1. The molecule has 3 rings (SSSR count). The van der Waals surface area contributed by atoms with E-state index in [0.717, 1.165) is 116 Å². The first-order valence-corrected chi connectivity index (χ1v) is 44.6. The number of nitrogens with one attached hydrogen (secondary N) is 1. The lowest BCUT2D eigenvalue weighted by Gasteiger charge is -2.48. The van der Waals surface area contributed by atoms with Crippen LogP contribution < -0.4 is 5.32 Å². The van der Waals surface area contributed by atoms with Crippen LogP contribution in [0.5, 0.6) is 0 Å². The van der Waals surface area contributed by atoms with Gasteiger partial charge in [-0.1, -0.05) is 346 Å². The highest BCUT2D eigenvalue weighted by atomic mass is 16.8. The number of ether oxygens (including phenoxy) is 6. The van der Waals surface area contributed by atoms with Gasteiger partial charge >= 0.3 is 0 Å². The first-order chi connectivity index (χ1) is 55.3. The molecule has 3 saturated heterocycles. The summed E-state index contributed by atoms with van der Waals surface area (Å²) in [7, 11) is 0. The van der Waals surface area contributed by atoms with E-state index in [4.69, 9.17) is 28.4 Å². The highest BCUT2D eigenvalue weighted by Crippen LogP contribution is 2.33. The number of aliphatic hydroxyl groups is 11. The van der Waals surface area contributed by atoms with E-state index in [1.807, 2.05) is 6.08 Å². The predicted octanol–water partition coefficient (Wildman–Crippen LogP) is 17.0. The van der Waals surface area contributed by atoms with Gasteiger partial charge in [0.1, 0.15) is 73.2 Å². The van der Waals surface area contributed by atoms with Gasteiger partial charge in [0.25, 0.3) is 0 Å². The molecule has 0 aliphatic carbocycles. The molecular formula is C94H159NO18. The van der Waals surface area contributed by atoms with E-state index in [0.29, 0.717) is 6.42 Å². The van der Waals surface area contributed by atoms with E-state index in [-0.39, 0.29) is 18.9 Å². The molecule has 19 nitrogen and oxygen atoms in total. The average molecular weight is 1590 g/mol. The molecule has 0 radical (unpaired) electrons. The van der Waals surface area contributed by atoms with E-state index in [9.17, 15) is 61.0 Å². The highest BCUT2D eigenvalue weighted by molar-refractivity contribution is 5.76. The second kappa shape index (κ2) is 71.8. The van der Waals surface area contributed by atoms with Crippen molar-refractivity contribution in [2.75, 3.05) is 26.4 Å². The number of allylic oxidation sites excluding steroid dienone is 23. The number of hydrogen-bond acceptors (Lipinski definition) is 18. The summed E-state index contributed by atoms with van der Waals surface area (Å²) in [5, 5.41) is 121. The fourth-order valence-corrected chi connectivity index (χ4v) is 14.1. The van der Waals surface area contributed by atoms with Gasteiger partial charge in [0.2, 0.25) is 5.91 Å². The summed E-state index contributed by atoms with van der Waals surface area (Å²) < 4.78 is 34.5. The Hall–Kier alpha value is -4.33. The van der Waals surface area contributed by atoms with Crippen molar-refractivity contribution in [3.8, 4) is 0 Å². The van der Waals surface area contributed by atoms with Crippen LogP contribution in [0.1, 0.15) is 309 Å². The first-order valence-electron chi connectivity index (χ1n) is 44.6. The molecule has 113 heavy (non-hydrogen) atoms. The standard InChI is InChI=1S/C94H159NO18/c1-3-5-7-9-11-13-15-17-19-21-23-25-27-29-31-33-35-36-37-38-39-40-42-44-46-48-50-52-54-56-58-60-62-64-66-68-70-72-82(100)95-77(78(99)71-69-67-65-63-61-59-57-55-53-51-49-47-45-43-41-34-32-30-28-26-24-22-20-18-16-14-12-10-8-6-4-2)76-108-92-88(106)85(103)90(80(74-97)110-92)113-94-89(107)86(104)91(81(75-98)111-94)112-93-87(105)84(102)83(101)79(73-96)109-93/h5,7,11,13,17,19,23,25,29,31,35-36,38-39,42,44,48,50,54,56,60,62,69,71,77-81,83-94,96-99,101-107H,3-4,6,8-10,12,14-16,18,20-22,24,26-28,30,32-34,37,40-41,43,45-47,49,51-53,55,57-59,61,63-68,70,72-76H2,1-2H3,(H,95,100)/b7-5-,13-11-,19-17-,25-23-,31-29-,36-35-,39-38-,44-42-,50-48-,56-54-,62-60-,71-69+. The topological polar surface area (TPSA) is 307 Å². The van der Waals surface area contributed by atoms with Crippen LogP contribution in [0.25, 0.3) is 0 Å². The summed E-state index contributed by atoms with van der Waals surface area (Å²) in [5.41, 5.74) is 0. The third-order valence-electron chi connectivity index (χ3n) is 21.1. The SMILES string of the molecule is CC/C=C\C/C=C\C/C=C\C/C=C\C/C=C\C/C=C\C/C=C\C/C=C\C/C=C\C/C=C\C/C=C\CCCCCC(=O)NC(COC1OC(CO)C(OC2OC(CO)C(OC3OC(CO)C(O)C(O)C3O)C(O)C2O)C(O)C1O)C(O)/C=C/CCCCCCCCCCCCCCCCCCCCCCCCCCCCCCC. The number of rotatable bonds is 70. The Morgan fingerprint density at radius 3 is 0.956 bits per heavy atom. The van der Waals surface area contributed by atoms with Crippen LogP contribution >= 0.6 is 0 Å². The van der Waals surface area contributed by atoms with E-state index >= 15 is 0 Å². The Morgan fingerprint density at radius 2 is 0.611 bits per heavy atom. The van der Waals surface area contributed by atoms with Crippen molar-refractivity contribution in [2.24, 2.45) is 0 Å². The van der Waals surface area contributed by atoms with Gasteiger partial charge in [-0.3, -0.25) is 4.79 Å². The van der Waals surface area contributed by atoms with Gasteiger partial charge in [0, 0.05) is 6.42 Å². The lowest BCUT2D eigenvalue weighted by atomic mass is 9.96. The third kappa shape index (κ3) is 50.3. The van der Waals surface area contributed by atoms with Gasteiger partial charge in [0.05, 0.1) is 38.6 Å². The Balaban J connectivity index is 1.37. The normalized spacial score (nSPS) is 25.5. The quantitative estimate of drug-likeness (QED) is 0.0199. The van der Waals surface area contributed by atoms with Crippen LogP contribution in [-0.2, 0) is 33.2 Å². The molecule has 3 fully saturated rings. The van der Waals surface area contributed by atoms with Crippen molar-refractivity contribution < 1.29 is 89.4 Å². The van der Waals surface area contributed by atoms with Crippen molar-refractivity contribution in [1.29, 1.82) is 0 Å². The van der Waals surface area contributed by atoms with Crippen LogP contribution in [0.2, 0.25) is 0 Å². The molecule has 3 heterocycles. The van der Waals surface area contributed by atoms with Crippen molar-refractivity contribution in [3.63, 3.8) is 0 Å². The minimum atomic E-state index is -1.99. The highest BCUT2D eigenvalue weighted by Gasteiger charge is 2.54. The van der Waals surface area contributed by atoms with Crippen molar-refractivity contribution in [2.45, 2.75) is 413 Å². The first kappa shape index (κ1) is 103. The van der Waals surface area contributed by atoms with Crippen LogP contribution in [0.3, 0.4) is 0 Å². The van der Waals surface area contributed by atoms with Crippen molar-refractivity contribution in [1.82, 2.24) is 5.32 Å². The number of unbranched alkanes of at least 4 members (excludes halogenated alkanes) is 32. The molecule has 3 aliphatic rings. The van der Waals surface area contributed by atoms with Gasteiger partial charge in [-0.05, 0) is 103 Å². The van der Waals surface area contributed by atoms with Crippen LogP contribution in [0.15, 0.2) is 146 Å². The molecular weight excluding hydrogens is 1430 g/mol. The van der Waals surface area contributed by atoms with Gasteiger partial charge < -0.3 is 89.9 Å². The molecule has 0 aromatic heterocycles. The smallest absolute Gasteiger partial charge is 0.220 e. The Kier molecular flexibility index (Phi) is 65.3. The van der Waals surface area contributed by atoms with Crippen molar-refractivity contribution in [3.05, 3.63) is 146 Å². The second-order valence-electron chi connectivity index (χ2n) is 31.0. The number of aliphatic hydroxyl groups excluding tert-OH is 11. The summed E-state index contributed by atoms with van der Waals surface area (Å²) in [6, 6.07) is -1.01. The molecule has 12 N–H and O–H groups in total. The Bertz CT molecular complexity index is 2610. The van der Waals surface area contributed by atoms with Crippen molar-refractivity contribution >= 4 is 5.91 Å². The van der Waals surface area contributed by atoms with Crippen LogP contribution in [-0.4, -0.2) is 193 Å². The van der Waals surface area contributed by atoms with Gasteiger partial charge in [-0.25, -0.2) is 0 Å². The zero-order valence-electron chi connectivity index (χ0n) is 69.8. The van der Waals surface area contributed by atoms with Gasteiger partial charge in [-0.15, -0.1) is 0 Å². The Morgan fingerprint density at radius 1 is 0.327 bits per heavy atom. The summed E-state index contributed by atoms with van der Waals surface area (Å²) in [6.07, 6.45) is 78.4. The molecule has 0 aromatic carbocycles. The minimum Gasteiger partial charge on any atom is -0.394 e. The molecule has 3 aliphatic heterocycles. The second-order valence-corrected chi connectivity index (χ2v) is 31.0.